The van der Waals surface area contributed by atoms with Crippen molar-refractivity contribution in [1.29, 1.82) is 0 Å². The topological polar surface area (TPSA) is 80.5 Å². The average Bonchev–Trinajstić information content (AvgIpc) is 3.37. The van der Waals surface area contributed by atoms with Gasteiger partial charge in [0, 0.05) is 37.7 Å². The molecular formula is C19H20ClN5O2. The Kier molecular flexibility index (Phi) is 4.96. The summed E-state index contributed by atoms with van der Waals surface area (Å²) >= 11 is 6.38. The molecule has 7 nitrogen and oxygen atoms in total. The fraction of sp³-hybridized carbons (Fsp3) is 0.316. The van der Waals surface area contributed by atoms with Crippen molar-refractivity contribution < 1.29 is 9.53 Å². The number of fused-ring (bicyclic) bond motifs is 1. The van der Waals surface area contributed by atoms with Crippen LogP contribution in [0.1, 0.15) is 23.2 Å². The molecule has 27 heavy (non-hydrogen) atoms. The summed E-state index contributed by atoms with van der Waals surface area (Å²) in [5.41, 5.74) is 2.96. The Balaban J connectivity index is 1.63. The van der Waals surface area contributed by atoms with Crippen LogP contribution in [0, 0.1) is 0 Å². The summed E-state index contributed by atoms with van der Waals surface area (Å²) in [4.78, 5) is 21.1. The van der Waals surface area contributed by atoms with Crippen LogP contribution in [0.4, 0.5) is 5.82 Å². The second-order valence-electron chi connectivity index (χ2n) is 6.47. The fourth-order valence-corrected chi connectivity index (χ4v) is 3.14. The van der Waals surface area contributed by atoms with E-state index in [4.69, 9.17) is 16.3 Å². The van der Waals surface area contributed by atoms with Gasteiger partial charge in [-0.15, -0.1) is 0 Å². The van der Waals surface area contributed by atoms with E-state index < -0.39 is 0 Å². The summed E-state index contributed by atoms with van der Waals surface area (Å²) in [6, 6.07) is 5.73. The first kappa shape index (κ1) is 17.8. The molecule has 2 N–H and O–H groups in total. The first-order valence-corrected chi connectivity index (χ1v) is 9.21. The molecular weight excluding hydrogens is 366 g/mol. The van der Waals surface area contributed by atoms with Gasteiger partial charge in [-0.2, -0.15) is 0 Å². The Morgan fingerprint density at radius 3 is 2.96 bits per heavy atom. The van der Waals surface area contributed by atoms with Crippen LogP contribution in [0.25, 0.3) is 16.9 Å². The number of anilines is 1. The summed E-state index contributed by atoms with van der Waals surface area (Å²) < 4.78 is 7.00. The van der Waals surface area contributed by atoms with E-state index in [1.54, 1.807) is 31.6 Å². The van der Waals surface area contributed by atoms with E-state index >= 15 is 0 Å². The van der Waals surface area contributed by atoms with Crippen LogP contribution in [0.2, 0.25) is 5.02 Å². The van der Waals surface area contributed by atoms with Gasteiger partial charge in [0.25, 0.3) is 5.91 Å². The highest BCUT2D eigenvalue weighted by Gasteiger charge is 2.24. The number of nitrogens with zero attached hydrogens (tertiary/aromatic N) is 3. The lowest BCUT2D eigenvalue weighted by Crippen LogP contribution is -2.25. The van der Waals surface area contributed by atoms with E-state index in [0.29, 0.717) is 35.6 Å². The standard InChI is InChI=1S/C19H20ClN5O2/c1-27-9-7-22-17-18-23-11-16(25(18)8-6-21-17)12-2-5-14(15(20)10-12)19(26)24-13-3-4-13/h2,5-6,8,10-11,13H,3-4,7,9H2,1H3,(H,21,22)(H,24,26). The number of halogens is 1. The fourth-order valence-electron chi connectivity index (χ4n) is 2.88. The highest BCUT2D eigenvalue weighted by Crippen LogP contribution is 2.28. The van der Waals surface area contributed by atoms with E-state index in [9.17, 15) is 4.79 Å². The second-order valence-corrected chi connectivity index (χ2v) is 6.88. The summed E-state index contributed by atoms with van der Waals surface area (Å²) in [5.74, 6) is 0.563. The number of ether oxygens (including phenoxy) is 1. The van der Waals surface area contributed by atoms with Gasteiger partial charge in [-0.1, -0.05) is 17.7 Å². The molecule has 0 saturated heterocycles. The minimum Gasteiger partial charge on any atom is -0.383 e. The Labute approximate surface area is 161 Å². The Hall–Kier alpha value is -2.64. The van der Waals surface area contributed by atoms with Crippen molar-refractivity contribution in [3.05, 3.63) is 47.4 Å². The molecule has 8 heteroatoms. The summed E-state index contributed by atoms with van der Waals surface area (Å²) in [5, 5.41) is 6.60. The highest BCUT2D eigenvalue weighted by molar-refractivity contribution is 6.34. The minimum atomic E-state index is -0.124. The number of hydrogen-bond donors (Lipinski definition) is 2. The van der Waals surface area contributed by atoms with E-state index in [0.717, 1.165) is 29.7 Å². The van der Waals surface area contributed by atoms with Gasteiger partial charge < -0.3 is 15.4 Å². The molecule has 4 rings (SSSR count). The van der Waals surface area contributed by atoms with Crippen LogP contribution in [-0.2, 0) is 4.74 Å². The van der Waals surface area contributed by atoms with Crippen molar-refractivity contribution in [3.8, 4) is 11.3 Å². The van der Waals surface area contributed by atoms with Crippen molar-refractivity contribution in [2.24, 2.45) is 0 Å². The number of hydrogen-bond acceptors (Lipinski definition) is 5. The van der Waals surface area contributed by atoms with Gasteiger partial charge in [-0.05, 0) is 25.0 Å². The van der Waals surface area contributed by atoms with Crippen LogP contribution in [0.3, 0.4) is 0 Å². The van der Waals surface area contributed by atoms with Crippen LogP contribution in [0.5, 0.6) is 0 Å². The zero-order valence-corrected chi connectivity index (χ0v) is 15.7. The maximum atomic E-state index is 12.3. The Morgan fingerprint density at radius 2 is 2.22 bits per heavy atom. The minimum absolute atomic E-state index is 0.124. The molecule has 1 amide bonds. The third kappa shape index (κ3) is 3.74. The van der Waals surface area contributed by atoms with E-state index in [1.807, 2.05) is 16.7 Å². The number of methoxy groups -OCH3 is 1. The van der Waals surface area contributed by atoms with Crippen LogP contribution < -0.4 is 10.6 Å². The third-order valence-corrected chi connectivity index (χ3v) is 4.76. The summed E-state index contributed by atoms with van der Waals surface area (Å²) in [6.07, 6.45) is 7.41. The van der Waals surface area contributed by atoms with E-state index in [2.05, 4.69) is 20.6 Å². The van der Waals surface area contributed by atoms with Crippen molar-refractivity contribution >= 4 is 29.0 Å². The predicted octanol–water partition coefficient (Wildman–Crippen LogP) is 3.00. The average molecular weight is 386 g/mol. The Morgan fingerprint density at radius 1 is 1.37 bits per heavy atom. The first-order valence-electron chi connectivity index (χ1n) is 8.83. The monoisotopic (exact) mass is 385 g/mol. The van der Waals surface area contributed by atoms with Crippen molar-refractivity contribution in [2.75, 3.05) is 25.6 Å². The van der Waals surface area contributed by atoms with Crippen LogP contribution in [-0.4, -0.2) is 46.6 Å². The van der Waals surface area contributed by atoms with Crippen LogP contribution >= 0.6 is 11.6 Å². The molecule has 0 radical (unpaired) electrons. The lowest BCUT2D eigenvalue weighted by Gasteiger charge is -2.09. The van der Waals surface area contributed by atoms with E-state index in [-0.39, 0.29) is 5.91 Å². The number of nitrogens with one attached hydrogen (secondary N) is 2. The van der Waals surface area contributed by atoms with Gasteiger partial charge in [0.1, 0.15) is 0 Å². The highest BCUT2D eigenvalue weighted by atomic mass is 35.5. The number of rotatable bonds is 7. The Bertz CT molecular complexity index is 983. The molecule has 1 saturated carbocycles. The normalized spacial score (nSPS) is 13.7. The van der Waals surface area contributed by atoms with Gasteiger partial charge >= 0.3 is 0 Å². The molecule has 0 atom stereocenters. The molecule has 1 aliphatic rings. The molecule has 1 aliphatic carbocycles. The van der Waals surface area contributed by atoms with Gasteiger partial charge in [0.15, 0.2) is 11.5 Å². The van der Waals surface area contributed by atoms with Crippen molar-refractivity contribution in [3.63, 3.8) is 0 Å². The third-order valence-electron chi connectivity index (χ3n) is 4.45. The smallest absolute Gasteiger partial charge is 0.253 e. The number of aromatic nitrogens is 3. The zero-order valence-electron chi connectivity index (χ0n) is 14.9. The summed E-state index contributed by atoms with van der Waals surface area (Å²) in [6.45, 7) is 1.22. The summed E-state index contributed by atoms with van der Waals surface area (Å²) in [7, 11) is 1.65. The zero-order chi connectivity index (χ0) is 18.8. The molecule has 0 aliphatic heterocycles. The molecule has 140 valence electrons. The SMILES string of the molecule is COCCNc1nccn2c(-c3ccc(C(=O)NC4CC4)c(Cl)c3)cnc12. The molecule has 0 spiro atoms. The quantitative estimate of drug-likeness (QED) is 0.611. The van der Waals surface area contributed by atoms with Gasteiger partial charge in [0.2, 0.25) is 0 Å². The van der Waals surface area contributed by atoms with Gasteiger partial charge in [-0.3, -0.25) is 9.20 Å². The lowest BCUT2D eigenvalue weighted by molar-refractivity contribution is 0.0951. The largest absolute Gasteiger partial charge is 0.383 e. The number of benzene rings is 1. The molecule has 0 unspecified atom stereocenters. The molecule has 0 bridgehead atoms. The number of amides is 1. The second kappa shape index (κ2) is 7.54. The van der Waals surface area contributed by atoms with Crippen molar-refractivity contribution in [1.82, 2.24) is 19.7 Å². The molecule has 2 aromatic heterocycles. The van der Waals surface area contributed by atoms with E-state index in [1.165, 1.54) is 0 Å². The van der Waals surface area contributed by atoms with Gasteiger partial charge in [-0.25, -0.2) is 9.97 Å². The lowest BCUT2D eigenvalue weighted by atomic mass is 10.1. The number of imidazole rings is 1. The molecule has 2 heterocycles. The van der Waals surface area contributed by atoms with Gasteiger partial charge in [0.05, 0.1) is 29.1 Å². The van der Waals surface area contributed by atoms with Crippen molar-refractivity contribution in [2.45, 2.75) is 18.9 Å². The number of carbonyl (C=O) groups is 1. The number of carbonyl (C=O) groups excluding carboxylic acids is 1. The predicted molar refractivity (Wildman–Crippen MR) is 104 cm³/mol. The molecule has 1 aromatic carbocycles. The van der Waals surface area contributed by atoms with Crippen LogP contribution in [0.15, 0.2) is 36.8 Å². The first-order chi connectivity index (χ1) is 13.2. The molecule has 1 fully saturated rings. The maximum Gasteiger partial charge on any atom is 0.253 e. The maximum absolute atomic E-state index is 12.3. The molecule has 3 aromatic rings.